The molecule has 2 N–H and O–H groups in total. The molecule has 1 aliphatic heterocycles. The van der Waals surface area contributed by atoms with Crippen molar-refractivity contribution in [3.8, 4) is 0 Å². The molecule has 0 aromatic heterocycles. The minimum Gasteiger partial charge on any atom is -0.369 e. The van der Waals surface area contributed by atoms with Crippen LogP contribution in [0.2, 0.25) is 0 Å². The lowest BCUT2D eigenvalue weighted by atomic mass is 9.95. The number of fused-ring (bicyclic) bond motifs is 1. The molecule has 0 radical (unpaired) electrons. The fourth-order valence-corrected chi connectivity index (χ4v) is 4.72. The van der Waals surface area contributed by atoms with Gasteiger partial charge in [-0.15, -0.1) is 23.2 Å². The molecule has 2 rings (SSSR count). The Bertz CT molecular complexity index is 647. The monoisotopic (exact) mass is 455 g/mol. The van der Waals surface area contributed by atoms with E-state index in [0.29, 0.717) is 24.2 Å². The van der Waals surface area contributed by atoms with Gasteiger partial charge in [0.15, 0.2) is 0 Å². The summed E-state index contributed by atoms with van der Waals surface area (Å²) in [7, 11) is 0. The molecule has 0 aliphatic carbocycles. The van der Waals surface area contributed by atoms with Gasteiger partial charge in [0.1, 0.15) is 0 Å². The van der Waals surface area contributed by atoms with Crippen LogP contribution in [-0.4, -0.2) is 43.1 Å². The maximum Gasteiger partial charge on any atom is 0.0444 e. The second-order valence-corrected chi connectivity index (χ2v) is 8.87. The van der Waals surface area contributed by atoms with Crippen molar-refractivity contribution in [1.29, 1.82) is 0 Å². The molecule has 170 valence electrons. The molecule has 6 heteroatoms. The number of halogens is 2. The Morgan fingerprint density at radius 2 is 1.80 bits per heavy atom. The highest BCUT2D eigenvalue weighted by atomic mass is 35.5. The zero-order valence-electron chi connectivity index (χ0n) is 18.7. The molecule has 0 saturated heterocycles. The van der Waals surface area contributed by atoms with E-state index in [1.165, 1.54) is 48.3 Å². The molecule has 0 saturated carbocycles. The summed E-state index contributed by atoms with van der Waals surface area (Å²) in [4.78, 5) is 4.79. The summed E-state index contributed by atoms with van der Waals surface area (Å²) in [6.45, 7) is 7.89. The van der Waals surface area contributed by atoms with Crippen molar-refractivity contribution >= 4 is 34.6 Å². The van der Waals surface area contributed by atoms with E-state index < -0.39 is 0 Å². The average Bonchev–Trinajstić information content (AvgIpc) is 2.89. The Hall–Kier alpha value is -0.940. The van der Waals surface area contributed by atoms with Gasteiger partial charge < -0.3 is 15.0 Å². The van der Waals surface area contributed by atoms with Crippen molar-refractivity contribution in [2.24, 2.45) is 0 Å². The van der Waals surface area contributed by atoms with E-state index in [4.69, 9.17) is 28.4 Å². The van der Waals surface area contributed by atoms with Gasteiger partial charge in [0, 0.05) is 55.0 Å². The Kier molecular flexibility index (Phi) is 12.0. The molecule has 1 aliphatic rings. The van der Waals surface area contributed by atoms with Crippen LogP contribution in [0.1, 0.15) is 70.3 Å². The number of rotatable bonds is 14. The molecular weight excluding hydrogens is 417 g/mol. The summed E-state index contributed by atoms with van der Waals surface area (Å²) in [5.74, 6) is 1.70. The summed E-state index contributed by atoms with van der Waals surface area (Å²) < 4.78 is 0. The second-order valence-electron chi connectivity index (χ2n) is 8.11. The lowest BCUT2D eigenvalue weighted by Crippen LogP contribution is -2.28. The number of hydroxylamine groups is 1. The van der Waals surface area contributed by atoms with Gasteiger partial charge in [0.25, 0.3) is 0 Å². The minimum atomic E-state index is 0.492. The normalized spacial score (nSPS) is 16.2. The molecule has 4 nitrogen and oxygen atoms in total. The third-order valence-corrected chi connectivity index (χ3v) is 6.34. The van der Waals surface area contributed by atoms with Crippen molar-refractivity contribution in [3.63, 3.8) is 0 Å². The van der Waals surface area contributed by atoms with E-state index in [9.17, 15) is 0 Å². The van der Waals surface area contributed by atoms with Crippen LogP contribution in [0.15, 0.2) is 30.0 Å². The molecule has 1 aromatic rings. The molecule has 0 spiro atoms. The van der Waals surface area contributed by atoms with E-state index in [-0.39, 0.29) is 0 Å². The molecule has 1 heterocycles. The zero-order valence-corrected chi connectivity index (χ0v) is 20.2. The highest BCUT2D eigenvalue weighted by Gasteiger charge is 2.22. The van der Waals surface area contributed by atoms with E-state index in [2.05, 4.69) is 53.4 Å². The van der Waals surface area contributed by atoms with Gasteiger partial charge in [-0.1, -0.05) is 32.3 Å². The van der Waals surface area contributed by atoms with E-state index in [1.54, 1.807) is 0 Å². The largest absolute Gasteiger partial charge is 0.369 e. The van der Waals surface area contributed by atoms with Crippen LogP contribution in [0.4, 0.5) is 11.4 Å². The Morgan fingerprint density at radius 3 is 2.47 bits per heavy atom. The molecule has 1 unspecified atom stereocenters. The van der Waals surface area contributed by atoms with Crippen LogP contribution in [0, 0.1) is 0 Å². The predicted octanol–water partition coefficient (Wildman–Crippen LogP) is 6.51. The summed E-state index contributed by atoms with van der Waals surface area (Å²) in [6.07, 6.45) is 10.6. The fourth-order valence-electron chi connectivity index (χ4n) is 4.31. The first-order chi connectivity index (χ1) is 14.7. The van der Waals surface area contributed by atoms with Gasteiger partial charge in [-0.2, -0.15) is 0 Å². The van der Waals surface area contributed by atoms with E-state index >= 15 is 0 Å². The molecule has 0 fully saturated rings. The number of unbranched alkanes of at least 4 members (excludes halogenated alkanes) is 4. The first kappa shape index (κ1) is 25.3. The van der Waals surface area contributed by atoms with Gasteiger partial charge >= 0.3 is 0 Å². The number of nitrogens with one attached hydrogen (secondary N) is 1. The number of allylic oxidation sites excluding steroid dienone is 2. The third kappa shape index (κ3) is 7.33. The number of hydrogen-bond donors (Lipinski definition) is 2. The maximum atomic E-state index is 8.65. The van der Waals surface area contributed by atoms with Crippen LogP contribution in [0.5, 0.6) is 0 Å². The van der Waals surface area contributed by atoms with Crippen molar-refractivity contribution in [2.45, 2.75) is 64.7 Å². The number of nitrogens with zero attached hydrogens (tertiary/aromatic N) is 2. The van der Waals surface area contributed by atoms with Crippen LogP contribution in [0.25, 0.3) is 0 Å². The van der Waals surface area contributed by atoms with Crippen molar-refractivity contribution in [2.75, 3.05) is 47.7 Å². The van der Waals surface area contributed by atoms with Gasteiger partial charge in [-0.05, 0) is 62.3 Å². The van der Waals surface area contributed by atoms with Crippen molar-refractivity contribution in [1.82, 2.24) is 5.48 Å². The molecule has 1 atom stereocenters. The number of anilines is 2. The summed E-state index contributed by atoms with van der Waals surface area (Å²) in [6, 6.07) is 6.88. The lowest BCUT2D eigenvalue weighted by molar-refractivity contribution is 0.164. The van der Waals surface area contributed by atoms with Crippen LogP contribution in [0.3, 0.4) is 0 Å². The summed E-state index contributed by atoms with van der Waals surface area (Å²) in [5, 5.41) is 8.65. The molecular formula is C24H39Cl2N3O. The van der Waals surface area contributed by atoms with Crippen molar-refractivity contribution in [3.05, 3.63) is 35.5 Å². The van der Waals surface area contributed by atoms with E-state index in [0.717, 1.165) is 38.9 Å². The molecule has 0 bridgehead atoms. The number of benzene rings is 1. The SMILES string of the molecule is CCN1C(CCCCCCCNO)=CCC(C)c2cc(N(CCCl)CCCl)ccc21. The average molecular weight is 457 g/mol. The lowest BCUT2D eigenvalue weighted by Gasteiger charge is -2.30. The minimum absolute atomic E-state index is 0.492. The fraction of sp³-hybridized carbons (Fsp3) is 0.667. The predicted molar refractivity (Wildman–Crippen MR) is 132 cm³/mol. The molecule has 0 amide bonds. The Balaban J connectivity index is 2.09. The van der Waals surface area contributed by atoms with Gasteiger partial charge in [0.2, 0.25) is 0 Å². The topological polar surface area (TPSA) is 38.7 Å². The molecule has 30 heavy (non-hydrogen) atoms. The Morgan fingerprint density at radius 1 is 1.10 bits per heavy atom. The first-order valence-electron chi connectivity index (χ1n) is 11.5. The first-order valence-corrected chi connectivity index (χ1v) is 12.6. The summed E-state index contributed by atoms with van der Waals surface area (Å²) >= 11 is 12.1. The Labute approximate surface area is 193 Å². The van der Waals surface area contributed by atoms with Crippen molar-refractivity contribution < 1.29 is 5.21 Å². The van der Waals surface area contributed by atoms with Gasteiger partial charge in [-0.25, -0.2) is 5.48 Å². The van der Waals surface area contributed by atoms with Crippen LogP contribution < -0.4 is 15.3 Å². The van der Waals surface area contributed by atoms with Crippen LogP contribution in [-0.2, 0) is 0 Å². The zero-order chi connectivity index (χ0) is 21.8. The highest BCUT2D eigenvalue weighted by molar-refractivity contribution is 6.18. The summed E-state index contributed by atoms with van der Waals surface area (Å²) in [5.41, 5.74) is 7.69. The molecule has 1 aromatic carbocycles. The van der Waals surface area contributed by atoms with E-state index in [1.807, 2.05) is 0 Å². The second kappa shape index (κ2) is 14.2. The van der Waals surface area contributed by atoms with Gasteiger partial charge in [-0.3, -0.25) is 0 Å². The van der Waals surface area contributed by atoms with Gasteiger partial charge in [0.05, 0.1) is 0 Å². The van der Waals surface area contributed by atoms with Crippen LogP contribution >= 0.6 is 23.2 Å². The highest BCUT2D eigenvalue weighted by Crippen LogP contribution is 2.39. The number of alkyl halides is 2. The quantitative estimate of drug-likeness (QED) is 0.190. The smallest absolute Gasteiger partial charge is 0.0444 e. The maximum absolute atomic E-state index is 8.65. The number of hydrogen-bond acceptors (Lipinski definition) is 4. The standard InChI is InChI=1S/C24H39Cl2N3O/c1-3-29-21(9-7-5-4-6-8-16-27-30)11-10-20(2)23-19-22(12-13-24(23)29)28(17-14-25)18-15-26/h11-13,19-20,27,30H,3-10,14-18H2,1-2H3. The third-order valence-electron chi connectivity index (χ3n) is 6.00.